The number of carboxylic acids is 1. The zero-order valence-electron chi connectivity index (χ0n) is 49.9. The fraction of sp³-hybridized carbons (Fsp3) is 0.403. The minimum Gasteiger partial charge on any atom is -1.00 e. The van der Waals surface area contributed by atoms with Crippen LogP contribution >= 0.6 is 47.8 Å². The summed E-state index contributed by atoms with van der Waals surface area (Å²) in [5, 5.41) is 22.1. The van der Waals surface area contributed by atoms with Gasteiger partial charge < -0.3 is 33.8 Å². The molecule has 10 nitrogen and oxygen atoms in total. The molecule has 0 amide bonds. The summed E-state index contributed by atoms with van der Waals surface area (Å²) < 4.78 is 166. The molecule has 0 aliphatic heterocycles. The van der Waals surface area contributed by atoms with Crippen molar-refractivity contribution in [2.75, 3.05) is 0 Å². The molecular weight excluding hydrogens is 1650 g/mol. The van der Waals surface area contributed by atoms with E-state index in [1.165, 1.54) is 73.0 Å². The molecule has 0 spiro atoms. The van der Waals surface area contributed by atoms with Gasteiger partial charge in [-0.2, -0.15) is 4.40 Å². The van der Waals surface area contributed by atoms with E-state index < -0.39 is 110 Å². The first-order chi connectivity index (χ1) is 40.3. The van der Waals surface area contributed by atoms with E-state index in [2.05, 4.69) is 76.6 Å². The number of halogens is 14. The number of carbonyl (C=O) groups is 2. The average Bonchev–Trinajstić information content (AvgIpc) is 0.848. The van der Waals surface area contributed by atoms with Gasteiger partial charge in [0.1, 0.15) is 78.9 Å². The van der Waals surface area contributed by atoms with Crippen molar-refractivity contribution in [1.29, 1.82) is 0 Å². The van der Waals surface area contributed by atoms with Crippen LogP contribution in [0.15, 0.2) is 146 Å². The van der Waals surface area contributed by atoms with Crippen molar-refractivity contribution in [2.45, 2.75) is 198 Å². The average molecular weight is 1760 g/mol. The minimum atomic E-state index is -1.40. The summed E-state index contributed by atoms with van der Waals surface area (Å²) in [5.74, 6) is -4.06. The Balaban J connectivity index is -0.0000000643. The van der Waals surface area contributed by atoms with Gasteiger partial charge >= 0.3 is 29.0 Å². The number of carboxylic acid groups (broad SMARTS) is 1. The first kappa shape index (κ1) is 132. The molecule has 100 heavy (non-hydrogen) atoms. The molecule has 0 aliphatic rings. The molecule has 0 bridgehead atoms. The molecule has 0 fully saturated rings. The number of hydrogen-bond donors (Lipinski definition) is 4. The second-order valence-corrected chi connectivity index (χ2v) is 28.7. The zero-order chi connectivity index (χ0) is 67.6. The van der Waals surface area contributed by atoms with Gasteiger partial charge in [0, 0.05) is 25.2 Å². The van der Waals surface area contributed by atoms with Crippen LogP contribution in [0.2, 0.25) is 0 Å². The van der Waals surface area contributed by atoms with E-state index in [1.54, 1.807) is 39.0 Å². The Kier molecular flexibility index (Phi) is 89.8. The molecule has 0 unspecified atom stereocenters. The van der Waals surface area contributed by atoms with Crippen molar-refractivity contribution < 1.29 is 93.3 Å². The third-order valence-corrected chi connectivity index (χ3v) is 15.1. The number of hydrogen-bond acceptors (Lipinski definition) is 6. The molecule has 0 aromatic heterocycles. The van der Waals surface area contributed by atoms with E-state index in [-0.39, 0.29) is 167 Å². The fourth-order valence-electron chi connectivity index (χ4n) is 5.46. The summed E-state index contributed by atoms with van der Waals surface area (Å²) in [6, 6.07) is 22.6. The summed E-state index contributed by atoms with van der Waals surface area (Å²) in [6.45, 7) is 24.0. The van der Waals surface area contributed by atoms with Gasteiger partial charge in [-0.3, -0.25) is 16.5 Å². The van der Waals surface area contributed by atoms with Gasteiger partial charge in [0.15, 0.2) is 0 Å². The molecule has 6 aromatic rings. The predicted octanol–water partition coefficient (Wildman–Crippen LogP) is 20.9. The number of alkyl halides is 4. The number of aliphatic hydroxyl groups is 1. The summed E-state index contributed by atoms with van der Waals surface area (Å²) >= 11 is 9.13. The topological polar surface area (TPSA) is 176 Å². The number of rotatable bonds is 13. The summed E-state index contributed by atoms with van der Waals surface area (Å²) in [7, 11) is -3.90. The van der Waals surface area contributed by atoms with Gasteiger partial charge in [-0.25, -0.2) is 66.0 Å². The van der Waals surface area contributed by atoms with E-state index >= 15 is 0 Å². The van der Waals surface area contributed by atoms with Crippen LogP contribution in [0, 0.1) is 41.5 Å². The van der Waals surface area contributed by atoms with Crippen LogP contribution in [0.4, 0.5) is 43.9 Å². The molecule has 5 N–H and O–H groups in total. The standard InChI is InChI=1S/C14H19F2NOS.C12H15F2NOS.C8H6F2O.C7H5BrF2.C7H4BrFO2.C7H6BrFO.C4H11NOS.C2H3.11CH4.BrH.Mg/c1-5-13(17-19(18)14(2,3)4)11-6-10(9-15)7-12(16)8-11;1-12(2,3)17(16)15-8-10-4-9(7-13)5-11(14)6-10;9-4-6-1-7(5-11)3-8(10)2-6;8-6-1-5(4-9)2-7(10)3-6;8-5-1-4(7(10)11)2-6(9)3-5;8-6-1-5(4-10)2-7(9)3-6;1-4(2,3)7(5)6;1-2;;;;;;;;;;;;;/h5-8,13,17H,1,9H2,2-4H3;4-6,8H,7H2,1-3H3;1-3,5H,4H2;1-3H,4H2;1-3H,(H,10,11);1-3,10H,4H2;5H2,1-3H3;1H,2H2;11*1H4;1H;/q;;;;;;;-1;;;;;;;;;;;;;+2/p-1/t13-,19-;17-;;;;;7-;;;;;;;;;;;;;;/m11....1............../s1. The van der Waals surface area contributed by atoms with Gasteiger partial charge in [-0.05, 0) is 204 Å². The Labute approximate surface area is 655 Å². The van der Waals surface area contributed by atoms with E-state index in [9.17, 15) is 66.1 Å². The maximum atomic E-state index is 13.4. The molecule has 0 radical (unpaired) electrons. The van der Waals surface area contributed by atoms with Gasteiger partial charge in [0.25, 0.3) is 0 Å². The number of nitrogens with one attached hydrogen (secondary N) is 1. The third kappa shape index (κ3) is 59.3. The number of carbonyl (C=O) groups excluding carboxylic acids is 1. The Hall–Kier alpha value is -4.07. The molecule has 0 saturated heterocycles. The summed E-state index contributed by atoms with van der Waals surface area (Å²) in [4.78, 5) is 20.5. The first-order valence-electron chi connectivity index (χ1n) is 25.0. The number of nitrogens with two attached hydrogens (primary N) is 1. The Bertz CT molecular complexity index is 3150. The smallest absolute Gasteiger partial charge is 1.00 e. The van der Waals surface area contributed by atoms with Crippen molar-refractivity contribution in [1.82, 2.24) is 4.72 Å². The normalized spacial score (nSPS) is 10.6. The van der Waals surface area contributed by atoms with Crippen molar-refractivity contribution >= 4 is 122 Å². The quantitative estimate of drug-likeness (QED) is 0.0222. The van der Waals surface area contributed by atoms with Crippen molar-refractivity contribution in [2.24, 2.45) is 9.54 Å². The Morgan fingerprint density at radius 2 is 0.840 bits per heavy atom. The fourth-order valence-corrected chi connectivity index (χ4v) is 8.30. The summed E-state index contributed by atoms with van der Waals surface area (Å²) in [6.07, 6.45) is 3.33. The van der Waals surface area contributed by atoms with Crippen LogP contribution in [-0.2, 0) is 66.3 Å². The number of aromatic carboxylic acids is 1. The molecule has 4 atom stereocenters. The minimum absolute atomic E-state index is 0. The van der Waals surface area contributed by atoms with Crippen LogP contribution in [0.1, 0.15) is 210 Å². The maximum absolute atomic E-state index is 13.4. The molecule has 576 valence electrons. The Morgan fingerprint density at radius 1 is 0.530 bits per heavy atom. The number of benzene rings is 6. The first-order valence-corrected chi connectivity index (χ1v) is 30.8. The second-order valence-electron chi connectivity index (χ2n) is 20.2. The van der Waals surface area contributed by atoms with Crippen molar-refractivity contribution in [3.8, 4) is 0 Å². The number of nitrogens with zero attached hydrogens (tertiary/aromatic N) is 1. The van der Waals surface area contributed by atoms with E-state index in [1.807, 2.05) is 41.5 Å². The molecule has 0 heterocycles. The van der Waals surface area contributed by atoms with Gasteiger partial charge in [-0.15, -0.1) is 6.58 Å². The predicted molar refractivity (Wildman–Crippen MR) is 420 cm³/mol. The van der Waals surface area contributed by atoms with Gasteiger partial charge in [0.05, 0.1) is 54.4 Å². The number of aliphatic hydroxyl groups excluding tert-OH is 1. The van der Waals surface area contributed by atoms with E-state index in [4.69, 9.17) is 15.4 Å². The molecule has 0 aliphatic carbocycles. The van der Waals surface area contributed by atoms with Crippen LogP contribution < -0.4 is 26.8 Å². The van der Waals surface area contributed by atoms with Crippen LogP contribution in [0.3, 0.4) is 0 Å². The number of aldehydes is 1. The molecule has 6 rings (SSSR count). The third-order valence-electron chi connectivity index (χ3n) is 9.64. The molecular formula is C72H113Br4F10MgN3O7S3. The molecule has 0 saturated carbocycles. The van der Waals surface area contributed by atoms with Crippen molar-refractivity contribution in [3.63, 3.8) is 0 Å². The van der Waals surface area contributed by atoms with Gasteiger partial charge in [-0.1, -0.05) is 142 Å². The van der Waals surface area contributed by atoms with Crippen LogP contribution in [-0.4, -0.2) is 78.6 Å². The van der Waals surface area contributed by atoms with Crippen LogP contribution in [0.5, 0.6) is 0 Å². The maximum Gasteiger partial charge on any atom is 2.00 e. The van der Waals surface area contributed by atoms with E-state index in [0.717, 1.165) is 30.3 Å². The van der Waals surface area contributed by atoms with Crippen LogP contribution in [0.25, 0.3) is 0 Å². The SMILES string of the molecule is C.C.C.C.C.C.C.C.C.C.C.C=C[C@@H](N[S@](=O)C(C)(C)C)c1cc(F)cc(CF)c1.CC(C)(C)[S@@](=O)N=Cc1cc(F)cc(CF)c1.CC(C)(C)[S@](N)=O.FCc1cc(F)cc(Br)c1.O=C(O)c1cc(F)cc(Br)c1.O=Cc1cc(F)cc(CF)c1.OCc1cc(F)cc(Br)c1.[Br-].[CH-]=C.[Mg+2]. The molecule has 6 aromatic carbocycles. The van der Waals surface area contributed by atoms with E-state index in [0.29, 0.717) is 42.0 Å². The largest absolute Gasteiger partial charge is 2.00 e. The zero-order valence-corrected chi connectivity index (χ0v) is 60.1. The molecule has 28 heteroatoms. The monoisotopic (exact) mass is 1760 g/mol. The Morgan fingerprint density at radius 3 is 1.15 bits per heavy atom. The second kappa shape index (κ2) is 68.1. The van der Waals surface area contributed by atoms with Gasteiger partial charge in [0.2, 0.25) is 0 Å². The summed E-state index contributed by atoms with van der Waals surface area (Å²) in [5.41, 5.74) is 2.65. The van der Waals surface area contributed by atoms with Crippen molar-refractivity contribution in [3.05, 3.63) is 233 Å².